The van der Waals surface area contributed by atoms with Crippen LogP contribution in [0.2, 0.25) is 5.02 Å². The molecule has 0 radical (unpaired) electrons. The summed E-state index contributed by atoms with van der Waals surface area (Å²) in [4.78, 5) is 14.5. The van der Waals surface area contributed by atoms with E-state index in [1.54, 1.807) is 30.5 Å². The number of aldehydes is 1. The highest BCUT2D eigenvalue weighted by Gasteiger charge is 2.04. The van der Waals surface area contributed by atoms with Crippen molar-refractivity contribution >= 4 is 33.8 Å². The third-order valence-corrected chi connectivity index (χ3v) is 2.83. The molecule has 0 atom stereocenters. The molecule has 0 aliphatic carbocycles. The van der Waals surface area contributed by atoms with E-state index < -0.39 is 0 Å². The Hall–Kier alpha value is -1.39. The largest absolute Gasteiger partial charge is 0.455 e. The van der Waals surface area contributed by atoms with Crippen LogP contribution >= 0.6 is 27.5 Å². The summed E-state index contributed by atoms with van der Waals surface area (Å²) in [5.74, 6) is 1.14. The van der Waals surface area contributed by atoms with Crippen LogP contribution in [0.5, 0.6) is 11.5 Å². The summed E-state index contributed by atoms with van der Waals surface area (Å²) < 4.78 is 6.28. The Morgan fingerprint density at radius 3 is 2.76 bits per heavy atom. The first-order valence-corrected chi connectivity index (χ1v) is 5.89. The summed E-state index contributed by atoms with van der Waals surface area (Å²) in [7, 11) is 0. The molecular formula is C12H7BrClNO2. The van der Waals surface area contributed by atoms with Crippen molar-refractivity contribution in [1.82, 2.24) is 4.98 Å². The van der Waals surface area contributed by atoms with Gasteiger partial charge in [0.1, 0.15) is 17.8 Å². The maximum Gasteiger partial charge on any atom is 0.150 e. The molecule has 86 valence electrons. The maximum absolute atomic E-state index is 10.6. The van der Waals surface area contributed by atoms with E-state index in [1.807, 2.05) is 0 Å². The highest BCUT2D eigenvalue weighted by molar-refractivity contribution is 9.10. The third kappa shape index (κ3) is 3.05. The molecule has 0 aliphatic heterocycles. The topological polar surface area (TPSA) is 39.2 Å². The predicted octanol–water partition coefficient (Wildman–Crippen LogP) is 4.10. The molecule has 5 heteroatoms. The number of hydrogen-bond donors (Lipinski definition) is 0. The second kappa shape index (κ2) is 5.29. The van der Waals surface area contributed by atoms with Gasteiger partial charge in [-0.2, -0.15) is 0 Å². The smallest absolute Gasteiger partial charge is 0.150 e. The van der Waals surface area contributed by atoms with Crippen LogP contribution in [0.1, 0.15) is 10.4 Å². The van der Waals surface area contributed by atoms with Crippen LogP contribution in [-0.2, 0) is 0 Å². The lowest BCUT2D eigenvalue weighted by Gasteiger charge is -2.07. The van der Waals surface area contributed by atoms with E-state index in [9.17, 15) is 4.79 Å². The molecule has 1 heterocycles. The summed E-state index contributed by atoms with van der Waals surface area (Å²) >= 11 is 9.12. The van der Waals surface area contributed by atoms with E-state index >= 15 is 0 Å². The fraction of sp³-hybridized carbons (Fsp3) is 0. The second-order valence-electron chi connectivity index (χ2n) is 3.25. The van der Waals surface area contributed by atoms with Crippen molar-refractivity contribution in [2.45, 2.75) is 0 Å². The van der Waals surface area contributed by atoms with Crippen molar-refractivity contribution in [2.75, 3.05) is 0 Å². The van der Waals surface area contributed by atoms with Gasteiger partial charge in [0, 0.05) is 17.8 Å². The second-order valence-corrected chi connectivity index (χ2v) is 4.54. The zero-order valence-corrected chi connectivity index (χ0v) is 10.9. The monoisotopic (exact) mass is 311 g/mol. The zero-order valence-electron chi connectivity index (χ0n) is 8.56. The van der Waals surface area contributed by atoms with Gasteiger partial charge in [-0.1, -0.05) is 11.6 Å². The van der Waals surface area contributed by atoms with Gasteiger partial charge in [-0.25, -0.2) is 0 Å². The average molecular weight is 313 g/mol. The highest BCUT2D eigenvalue weighted by atomic mass is 79.9. The van der Waals surface area contributed by atoms with Crippen LogP contribution in [0, 0.1) is 0 Å². The predicted molar refractivity (Wildman–Crippen MR) is 68.9 cm³/mol. The molecule has 2 rings (SSSR count). The van der Waals surface area contributed by atoms with Gasteiger partial charge in [-0.3, -0.25) is 9.78 Å². The van der Waals surface area contributed by atoms with Crippen LogP contribution in [-0.4, -0.2) is 11.3 Å². The minimum absolute atomic E-state index is 0.503. The minimum Gasteiger partial charge on any atom is -0.455 e. The Morgan fingerprint density at radius 1 is 1.29 bits per heavy atom. The minimum atomic E-state index is 0.503. The SMILES string of the molecule is O=Cc1ccc(Oc2cncc(Cl)c2)c(Br)c1. The van der Waals surface area contributed by atoms with Gasteiger partial charge in [-0.05, 0) is 34.1 Å². The Kier molecular flexibility index (Phi) is 3.76. The molecule has 0 unspecified atom stereocenters. The number of benzene rings is 1. The normalized spacial score (nSPS) is 10.0. The van der Waals surface area contributed by atoms with Crippen LogP contribution in [0.4, 0.5) is 0 Å². The van der Waals surface area contributed by atoms with E-state index in [2.05, 4.69) is 20.9 Å². The summed E-state index contributed by atoms with van der Waals surface area (Å²) in [6.45, 7) is 0. The average Bonchev–Trinajstić information content (AvgIpc) is 2.32. The number of nitrogens with zero attached hydrogens (tertiary/aromatic N) is 1. The van der Waals surface area contributed by atoms with Crippen molar-refractivity contribution in [2.24, 2.45) is 0 Å². The molecule has 3 nitrogen and oxygen atoms in total. The first kappa shape index (κ1) is 12.1. The molecule has 0 aliphatic rings. The van der Waals surface area contributed by atoms with Crippen molar-refractivity contribution in [3.8, 4) is 11.5 Å². The highest BCUT2D eigenvalue weighted by Crippen LogP contribution is 2.30. The number of aromatic nitrogens is 1. The Balaban J connectivity index is 2.27. The molecule has 17 heavy (non-hydrogen) atoms. The quantitative estimate of drug-likeness (QED) is 0.801. The van der Waals surface area contributed by atoms with Gasteiger partial charge in [-0.15, -0.1) is 0 Å². The summed E-state index contributed by atoms with van der Waals surface area (Å²) in [5.41, 5.74) is 0.577. The number of hydrogen-bond acceptors (Lipinski definition) is 3. The van der Waals surface area contributed by atoms with E-state index in [1.165, 1.54) is 6.20 Å². The van der Waals surface area contributed by atoms with Crippen LogP contribution in [0.25, 0.3) is 0 Å². The molecular weight excluding hydrogens is 305 g/mol. The lowest BCUT2D eigenvalue weighted by Crippen LogP contribution is -1.88. The molecule has 0 saturated heterocycles. The number of halogens is 2. The molecule has 0 N–H and O–H groups in total. The number of rotatable bonds is 3. The van der Waals surface area contributed by atoms with Crippen LogP contribution in [0.3, 0.4) is 0 Å². The zero-order chi connectivity index (χ0) is 12.3. The molecule has 0 fully saturated rings. The first-order chi connectivity index (χ1) is 8.19. The number of carbonyl (C=O) groups is 1. The fourth-order valence-corrected chi connectivity index (χ4v) is 1.89. The van der Waals surface area contributed by atoms with Gasteiger partial charge < -0.3 is 4.74 Å². The van der Waals surface area contributed by atoms with E-state index in [0.717, 1.165) is 6.29 Å². The van der Waals surface area contributed by atoms with Crippen molar-refractivity contribution < 1.29 is 9.53 Å². The standard InChI is InChI=1S/C12H7BrClNO2/c13-11-3-8(7-16)1-2-12(11)17-10-4-9(14)5-15-6-10/h1-7H. The van der Waals surface area contributed by atoms with Gasteiger partial charge >= 0.3 is 0 Å². The van der Waals surface area contributed by atoms with Gasteiger partial charge in [0.15, 0.2) is 0 Å². The fourth-order valence-electron chi connectivity index (χ4n) is 1.25. The van der Waals surface area contributed by atoms with E-state index in [-0.39, 0.29) is 0 Å². The van der Waals surface area contributed by atoms with Gasteiger partial charge in [0.05, 0.1) is 15.7 Å². The molecule has 0 saturated carbocycles. The van der Waals surface area contributed by atoms with Crippen molar-refractivity contribution in [1.29, 1.82) is 0 Å². The van der Waals surface area contributed by atoms with Crippen LogP contribution < -0.4 is 4.74 Å². The molecule has 0 bridgehead atoms. The van der Waals surface area contributed by atoms with Crippen molar-refractivity contribution in [3.05, 3.63) is 51.7 Å². The van der Waals surface area contributed by atoms with E-state index in [0.29, 0.717) is 26.6 Å². The Labute approximate surface area is 112 Å². The molecule has 1 aromatic heterocycles. The van der Waals surface area contributed by atoms with Gasteiger partial charge in [0.2, 0.25) is 0 Å². The molecule has 2 aromatic rings. The van der Waals surface area contributed by atoms with Crippen LogP contribution in [0.15, 0.2) is 41.1 Å². The third-order valence-electron chi connectivity index (χ3n) is 2.00. The number of ether oxygens (including phenoxy) is 1. The Morgan fingerprint density at radius 2 is 2.12 bits per heavy atom. The van der Waals surface area contributed by atoms with Crippen molar-refractivity contribution in [3.63, 3.8) is 0 Å². The summed E-state index contributed by atoms with van der Waals surface area (Å²) in [6.07, 6.45) is 3.86. The molecule has 1 aromatic carbocycles. The van der Waals surface area contributed by atoms with Gasteiger partial charge in [0.25, 0.3) is 0 Å². The number of pyridine rings is 1. The molecule has 0 amide bonds. The first-order valence-electron chi connectivity index (χ1n) is 4.72. The summed E-state index contributed by atoms with van der Waals surface area (Å²) in [6, 6.07) is 6.72. The number of carbonyl (C=O) groups excluding carboxylic acids is 1. The lowest BCUT2D eigenvalue weighted by molar-refractivity contribution is 0.112. The summed E-state index contributed by atoms with van der Waals surface area (Å²) in [5, 5.41) is 0.503. The lowest BCUT2D eigenvalue weighted by atomic mass is 10.2. The maximum atomic E-state index is 10.6. The Bertz CT molecular complexity index is 560. The van der Waals surface area contributed by atoms with E-state index in [4.69, 9.17) is 16.3 Å². The molecule has 0 spiro atoms.